The van der Waals surface area contributed by atoms with Crippen molar-refractivity contribution in [2.75, 3.05) is 0 Å². The van der Waals surface area contributed by atoms with Gasteiger partial charge in [0.15, 0.2) is 0 Å². The molecule has 0 heterocycles. The molecule has 2 aliphatic rings. The third-order valence-corrected chi connectivity index (χ3v) is 3.69. The Balaban J connectivity index is 2.37. The Labute approximate surface area is 80.4 Å². The number of carbonyl (C=O) groups is 1. The Morgan fingerprint density at radius 1 is 1.50 bits per heavy atom. The SMILES string of the molecule is C[C@@]1(F)C2C(O)C[C@@H](C2O)[C@@H]1C(=O)O. The number of carboxylic acid groups (broad SMARTS) is 1. The van der Waals surface area contributed by atoms with Crippen LogP contribution in [0.4, 0.5) is 4.39 Å². The van der Waals surface area contributed by atoms with Gasteiger partial charge in [-0.2, -0.15) is 0 Å². The van der Waals surface area contributed by atoms with Crippen molar-refractivity contribution >= 4 is 5.97 Å². The van der Waals surface area contributed by atoms with Crippen molar-refractivity contribution < 1.29 is 24.5 Å². The highest BCUT2D eigenvalue weighted by molar-refractivity contribution is 5.73. The van der Waals surface area contributed by atoms with Gasteiger partial charge < -0.3 is 15.3 Å². The summed E-state index contributed by atoms with van der Waals surface area (Å²) in [6, 6.07) is 0. The summed E-state index contributed by atoms with van der Waals surface area (Å²) >= 11 is 0. The Morgan fingerprint density at radius 3 is 2.43 bits per heavy atom. The zero-order valence-corrected chi connectivity index (χ0v) is 7.72. The first-order chi connectivity index (χ1) is 6.37. The summed E-state index contributed by atoms with van der Waals surface area (Å²) in [5, 5.41) is 27.9. The molecule has 0 aromatic carbocycles. The van der Waals surface area contributed by atoms with Gasteiger partial charge in [-0.3, -0.25) is 4.79 Å². The molecule has 0 aromatic heterocycles. The van der Waals surface area contributed by atoms with Crippen LogP contribution in [0.25, 0.3) is 0 Å². The third kappa shape index (κ3) is 0.966. The predicted molar refractivity (Wildman–Crippen MR) is 44.2 cm³/mol. The van der Waals surface area contributed by atoms with E-state index in [1.165, 1.54) is 0 Å². The topological polar surface area (TPSA) is 77.8 Å². The first kappa shape index (κ1) is 9.86. The highest BCUT2D eigenvalue weighted by atomic mass is 19.1. The van der Waals surface area contributed by atoms with E-state index in [1.54, 1.807) is 0 Å². The molecule has 0 radical (unpaired) electrons. The summed E-state index contributed by atoms with van der Waals surface area (Å²) < 4.78 is 14.0. The van der Waals surface area contributed by atoms with Crippen LogP contribution in [0.3, 0.4) is 0 Å². The standard InChI is InChI=1S/C9H13FO4/c1-9(10)5(8(13)14)3-2-4(11)6(9)7(3)12/h3-7,11-12H,2H2,1H3,(H,13,14)/t3-,4?,5-,6?,7?,9+/m1/s1. The van der Waals surface area contributed by atoms with E-state index in [2.05, 4.69) is 0 Å². The van der Waals surface area contributed by atoms with E-state index in [4.69, 9.17) is 5.11 Å². The van der Waals surface area contributed by atoms with E-state index in [0.717, 1.165) is 6.92 Å². The van der Waals surface area contributed by atoms with E-state index in [1.807, 2.05) is 0 Å². The van der Waals surface area contributed by atoms with Crippen molar-refractivity contribution in [3.05, 3.63) is 0 Å². The Kier molecular flexibility index (Phi) is 1.88. The zero-order valence-electron chi connectivity index (χ0n) is 7.72. The lowest BCUT2D eigenvalue weighted by molar-refractivity contribution is -0.152. The lowest BCUT2D eigenvalue weighted by Gasteiger charge is -2.33. The van der Waals surface area contributed by atoms with Crippen molar-refractivity contribution in [1.29, 1.82) is 0 Å². The summed E-state index contributed by atoms with van der Waals surface area (Å²) in [7, 11) is 0. The number of halogens is 1. The monoisotopic (exact) mass is 204 g/mol. The maximum atomic E-state index is 14.0. The average Bonchev–Trinajstić information content (AvgIpc) is 2.34. The second-order valence-corrected chi connectivity index (χ2v) is 4.45. The van der Waals surface area contributed by atoms with Gasteiger partial charge in [0, 0.05) is 11.8 Å². The number of hydrogen-bond donors (Lipinski definition) is 3. The van der Waals surface area contributed by atoms with Crippen LogP contribution in [0, 0.1) is 17.8 Å². The second-order valence-electron chi connectivity index (χ2n) is 4.45. The summed E-state index contributed by atoms with van der Waals surface area (Å²) in [6.07, 6.45) is -1.76. The normalized spacial score (nSPS) is 56.4. The van der Waals surface area contributed by atoms with Gasteiger partial charge in [-0.1, -0.05) is 0 Å². The van der Waals surface area contributed by atoms with E-state index in [0.29, 0.717) is 0 Å². The minimum atomic E-state index is -2.01. The molecular formula is C9H13FO4. The first-order valence-corrected chi connectivity index (χ1v) is 4.65. The molecule has 80 valence electrons. The fourth-order valence-corrected chi connectivity index (χ4v) is 3.15. The Hall–Kier alpha value is -0.680. The highest BCUT2D eigenvalue weighted by Crippen LogP contribution is 2.56. The molecule has 3 unspecified atom stereocenters. The summed E-state index contributed by atoms with van der Waals surface area (Å²) in [5.74, 6) is -4.02. The Morgan fingerprint density at radius 2 is 2.07 bits per heavy atom. The van der Waals surface area contributed by atoms with Crippen molar-refractivity contribution in [1.82, 2.24) is 0 Å². The molecule has 2 fully saturated rings. The number of carboxylic acids is 1. The number of aliphatic hydroxyl groups excluding tert-OH is 2. The Bertz CT molecular complexity index is 278. The predicted octanol–water partition coefficient (Wildman–Crippen LogP) is -0.213. The smallest absolute Gasteiger partial charge is 0.310 e. The number of hydrogen-bond acceptors (Lipinski definition) is 3. The highest BCUT2D eigenvalue weighted by Gasteiger charge is 2.68. The van der Waals surface area contributed by atoms with Crippen LogP contribution in [-0.4, -0.2) is 39.2 Å². The third-order valence-electron chi connectivity index (χ3n) is 3.69. The van der Waals surface area contributed by atoms with E-state index < -0.39 is 41.6 Å². The van der Waals surface area contributed by atoms with Gasteiger partial charge >= 0.3 is 5.97 Å². The van der Waals surface area contributed by atoms with E-state index >= 15 is 0 Å². The van der Waals surface area contributed by atoms with Crippen LogP contribution in [0.15, 0.2) is 0 Å². The van der Waals surface area contributed by atoms with Crippen LogP contribution in [-0.2, 0) is 4.79 Å². The number of rotatable bonds is 1. The molecule has 2 aliphatic carbocycles. The fourth-order valence-electron chi connectivity index (χ4n) is 3.15. The lowest BCUT2D eigenvalue weighted by atomic mass is 9.77. The van der Waals surface area contributed by atoms with Crippen molar-refractivity contribution in [2.24, 2.45) is 17.8 Å². The molecular weight excluding hydrogens is 191 g/mol. The maximum Gasteiger partial charge on any atom is 0.310 e. The molecule has 2 rings (SSSR count). The van der Waals surface area contributed by atoms with E-state index in [-0.39, 0.29) is 6.42 Å². The molecule has 0 aromatic rings. The van der Waals surface area contributed by atoms with Crippen LogP contribution in [0.1, 0.15) is 13.3 Å². The molecule has 0 spiro atoms. The number of aliphatic hydroxyl groups is 2. The molecule has 3 N–H and O–H groups in total. The number of aliphatic carboxylic acids is 1. The second kappa shape index (κ2) is 2.67. The van der Waals surface area contributed by atoms with Gasteiger partial charge in [0.1, 0.15) is 5.67 Å². The van der Waals surface area contributed by atoms with Crippen LogP contribution < -0.4 is 0 Å². The minimum Gasteiger partial charge on any atom is -0.481 e. The molecule has 0 amide bonds. The largest absolute Gasteiger partial charge is 0.481 e. The summed E-state index contributed by atoms with van der Waals surface area (Å²) in [4.78, 5) is 10.8. The van der Waals surface area contributed by atoms with Crippen LogP contribution in [0.2, 0.25) is 0 Å². The maximum absolute atomic E-state index is 14.0. The first-order valence-electron chi connectivity index (χ1n) is 4.65. The number of alkyl halides is 1. The van der Waals surface area contributed by atoms with Crippen LogP contribution >= 0.6 is 0 Å². The zero-order chi connectivity index (χ0) is 10.7. The van der Waals surface area contributed by atoms with Gasteiger partial charge in [0.25, 0.3) is 0 Å². The number of fused-ring (bicyclic) bond motifs is 2. The molecule has 6 atom stereocenters. The molecule has 2 bridgehead atoms. The van der Waals surface area contributed by atoms with E-state index in [9.17, 15) is 19.4 Å². The molecule has 0 aliphatic heterocycles. The quantitative estimate of drug-likeness (QED) is 0.552. The summed E-state index contributed by atoms with van der Waals surface area (Å²) in [5.41, 5.74) is -2.01. The lowest BCUT2D eigenvalue weighted by Crippen LogP contribution is -2.46. The molecule has 0 saturated heterocycles. The molecule has 5 heteroatoms. The molecule has 14 heavy (non-hydrogen) atoms. The van der Waals surface area contributed by atoms with Crippen molar-refractivity contribution in [3.63, 3.8) is 0 Å². The van der Waals surface area contributed by atoms with Crippen molar-refractivity contribution in [2.45, 2.75) is 31.2 Å². The van der Waals surface area contributed by atoms with Gasteiger partial charge in [-0.15, -0.1) is 0 Å². The van der Waals surface area contributed by atoms with Crippen molar-refractivity contribution in [3.8, 4) is 0 Å². The van der Waals surface area contributed by atoms with Gasteiger partial charge in [0.05, 0.1) is 18.1 Å². The van der Waals surface area contributed by atoms with Crippen LogP contribution in [0.5, 0.6) is 0 Å². The molecule has 4 nitrogen and oxygen atoms in total. The summed E-state index contributed by atoms with van der Waals surface area (Å²) in [6.45, 7) is 1.15. The fraction of sp³-hybridized carbons (Fsp3) is 0.889. The van der Waals surface area contributed by atoms with Gasteiger partial charge in [-0.05, 0) is 13.3 Å². The minimum absolute atomic E-state index is 0.183. The van der Waals surface area contributed by atoms with Gasteiger partial charge in [0.2, 0.25) is 0 Å². The molecule has 2 saturated carbocycles. The van der Waals surface area contributed by atoms with Gasteiger partial charge in [-0.25, -0.2) is 4.39 Å². The average molecular weight is 204 g/mol.